The number of aliphatic hydroxyl groups is 2. The molecule has 1 aromatic heterocycles. The number of rotatable bonds is 3. The lowest BCUT2D eigenvalue weighted by Gasteiger charge is -2.20. The average Bonchev–Trinajstić information content (AvgIpc) is 2.65. The summed E-state index contributed by atoms with van der Waals surface area (Å²) in [7, 11) is 1.39. The fourth-order valence-electron chi connectivity index (χ4n) is 1.97. The maximum absolute atomic E-state index is 11.7. The van der Waals surface area contributed by atoms with Gasteiger partial charge in [-0.1, -0.05) is 0 Å². The summed E-state index contributed by atoms with van der Waals surface area (Å²) in [5.74, 6) is 0.0995. The van der Waals surface area contributed by atoms with E-state index in [0.29, 0.717) is 0 Å². The molecule has 4 atom stereocenters. The molecule has 1 saturated heterocycles. The second-order valence-corrected chi connectivity index (χ2v) is 3.98. The molecule has 0 aromatic carbocycles. The van der Waals surface area contributed by atoms with Crippen LogP contribution in [0, 0.1) is 0 Å². The first kappa shape index (κ1) is 13.0. The number of ether oxygens (including phenoxy) is 2. The summed E-state index contributed by atoms with van der Waals surface area (Å²) in [6.45, 7) is -0.366. The second-order valence-electron chi connectivity index (χ2n) is 3.98. The number of hydrogen-bond donors (Lipinski definition) is 3. The number of anilines is 1. The quantitative estimate of drug-likeness (QED) is 0.578. The zero-order valence-corrected chi connectivity index (χ0v) is 9.76. The van der Waals surface area contributed by atoms with Crippen molar-refractivity contribution in [3.63, 3.8) is 0 Å². The van der Waals surface area contributed by atoms with E-state index < -0.39 is 30.2 Å². The second kappa shape index (κ2) is 5.02. The fraction of sp³-hybridized carbons (Fsp3) is 0.600. The van der Waals surface area contributed by atoms with E-state index in [1.54, 1.807) is 0 Å². The van der Waals surface area contributed by atoms with Crippen LogP contribution in [0.25, 0.3) is 0 Å². The lowest BCUT2D eigenvalue weighted by Crippen LogP contribution is -2.37. The largest absolute Gasteiger partial charge is 0.394 e. The van der Waals surface area contributed by atoms with Crippen LogP contribution in [-0.2, 0) is 9.47 Å². The fourth-order valence-corrected chi connectivity index (χ4v) is 1.97. The molecule has 1 fully saturated rings. The van der Waals surface area contributed by atoms with Gasteiger partial charge >= 0.3 is 5.69 Å². The predicted molar refractivity (Wildman–Crippen MR) is 60.7 cm³/mol. The summed E-state index contributed by atoms with van der Waals surface area (Å²) in [5.41, 5.74) is 4.78. The Bertz CT molecular complexity index is 477. The Morgan fingerprint density at radius 1 is 1.67 bits per heavy atom. The average molecular weight is 257 g/mol. The number of nitrogen functional groups attached to an aromatic ring is 1. The smallest absolute Gasteiger partial charge is 0.351 e. The normalized spacial score (nSPS) is 31.7. The summed E-state index contributed by atoms with van der Waals surface area (Å²) in [5, 5.41) is 18.9. The van der Waals surface area contributed by atoms with Crippen LogP contribution in [0.2, 0.25) is 0 Å². The van der Waals surface area contributed by atoms with E-state index in [1.165, 1.54) is 23.9 Å². The zero-order chi connectivity index (χ0) is 13.3. The van der Waals surface area contributed by atoms with Crippen LogP contribution in [0.1, 0.15) is 6.23 Å². The molecule has 18 heavy (non-hydrogen) atoms. The first-order chi connectivity index (χ1) is 8.58. The number of nitrogens with zero attached hydrogens (tertiary/aromatic N) is 2. The highest BCUT2D eigenvalue weighted by Crippen LogP contribution is 2.30. The molecule has 8 heteroatoms. The molecule has 8 nitrogen and oxygen atoms in total. The van der Waals surface area contributed by atoms with E-state index >= 15 is 0 Å². The van der Waals surface area contributed by atoms with Crippen LogP contribution in [0.3, 0.4) is 0 Å². The van der Waals surface area contributed by atoms with Crippen molar-refractivity contribution in [2.75, 3.05) is 19.5 Å². The van der Waals surface area contributed by atoms with E-state index in [-0.39, 0.29) is 12.4 Å². The van der Waals surface area contributed by atoms with Crippen molar-refractivity contribution in [3.8, 4) is 0 Å². The van der Waals surface area contributed by atoms with Gasteiger partial charge < -0.3 is 25.4 Å². The highest BCUT2D eigenvalue weighted by atomic mass is 16.6. The van der Waals surface area contributed by atoms with Crippen LogP contribution in [-0.4, -0.2) is 51.8 Å². The molecular formula is C10H15N3O5. The van der Waals surface area contributed by atoms with Crippen LogP contribution >= 0.6 is 0 Å². The van der Waals surface area contributed by atoms with Gasteiger partial charge in [0.2, 0.25) is 0 Å². The lowest BCUT2D eigenvalue weighted by atomic mass is 10.1. The Balaban J connectivity index is 2.35. The van der Waals surface area contributed by atoms with Crippen LogP contribution in [0.4, 0.5) is 5.82 Å². The molecule has 0 aliphatic carbocycles. The van der Waals surface area contributed by atoms with Gasteiger partial charge in [-0.2, -0.15) is 4.98 Å². The van der Waals surface area contributed by atoms with Gasteiger partial charge in [-0.3, -0.25) is 4.57 Å². The van der Waals surface area contributed by atoms with Crippen molar-refractivity contribution in [3.05, 3.63) is 22.7 Å². The summed E-state index contributed by atoms with van der Waals surface area (Å²) < 4.78 is 11.7. The Kier molecular flexibility index (Phi) is 3.62. The molecule has 1 aromatic rings. The molecule has 0 saturated carbocycles. The van der Waals surface area contributed by atoms with Crippen molar-refractivity contribution in [2.24, 2.45) is 0 Å². The van der Waals surface area contributed by atoms with E-state index in [0.717, 1.165) is 0 Å². The maximum Gasteiger partial charge on any atom is 0.351 e. The molecule has 2 rings (SSSR count). The third kappa shape index (κ3) is 2.10. The topological polar surface area (TPSA) is 120 Å². The number of hydrogen-bond acceptors (Lipinski definition) is 7. The minimum atomic E-state index is -1.02. The lowest BCUT2D eigenvalue weighted by molar-refractivity contribution is -0.0624. The minimum Gasteiger partial charge on any atom is -0.394 e. The molecule has 0 spiro atoms. The molecule has 0 bridgehead atoms. The predicted octanol–water partition coefficient (Wildman–Crippen LogP) is -1.91. The van der Waals surface area contributed by atoms with Crippen molar-refractivity contribution in [2.45, 2.75) is 24.5 Å². The molecule has 4 N–H and O–H groups in total. The zero-order valence-electron chi connectivity index (χ0n) is 9.76. The molecule has 1 aliphatic heterocycles. The monoisotopic (exact) mass is 257 g/mol. The third-order valence-electron chi connectivity index (χ3n) is 2.89. The highest BCUT2D eigenvalue weighted by molar-refractivity contribution is 5.23. The first-order valence-electron chi connectivity index (χ1n) is 5.40. The summed E-state index contributed by atoms with van der Waals surface area (Å²) in [4.78, 5) is 15.3. The molecule has 100 valence electrons. The van der Waals surface area contributed by atoms with E-state index in [4.69, 9.17) is 20.3 Å². The first-order valence-corrected chi connectivity index (χ1v) is 5.40. The highest BCUT2D eigenvalue weighted by Gasteiger charge is 2.45. The van der Waals surface area contributed by atoms with E-state index in [1.807, 2.05) is 0 Å². The van der Waals surface area contributed by atoms with Gasteiger partial charge in [0.1, 0.15) is 24.1 Å². The van der Waals surface area contributed by atoms with Gasteiger partial charge in [-0.05, 0) is 6.07 Å². The number of aliphatic hydroxyl groups excluding tert-OH is 2. The maximum atomic E-state index is 11.7. The van der Waals surface area contributed by atoms with Gasteiger partial charge in [-0.15, -0.1) is 0 Å². The van der Waals surface area contributed by atoms with Crippen molar-refractivity contribution in [1.82, 2.24) is 9.55 Å². The van der Waals surface area contributed by atoms with Gasteiger partial charge in [0.25, 0.3) is 0 Å². The molecule has 2 heterocycles. The van der Waals surface area contributed by atoms with Gasteiger partial charge in [-0.25, -0.2) is 4.79 Å². The Labute approximate surface area is 103 Å². The minimum absolute atomic E-state index is 0.0995. The SMILES string of the molecule is CO[C@H]1[C@@H](O)[C@@H](CO)O[C@@H]1n1ccc(N)nc1=O. The van der Waals surface area contributed by atoms with E-state index in [2.05, 4.69) is 4.98 Å². The van der Waals surface area contributed by atoms with Crippen molar-refractivity contribution < 1.29 is 19.7 Å². The third-order valence-corrected chi connectivity index (χ3v) is 2.89. The molecular weight excluding hydrogens is 242 g/mol. The van der Waals surface area contributed by atoms with Crippen molar-refractivity contribution >= 4 is 5.82 Å². The van der Waals surface area contributed by atoms with Crippen LogP contribution < -0.4 is 11.4 Å². The Hall–Kier alpha value is -1.48. The van der Waals surface area contributed by atoms with Gasteiger partial charge in [0, 0.05) is 13.3 Å². The molecule has 0 amide bonds. The van der Waals surface area contributed by atoms with Crippen LogP contribution in [0.5, 0.6) is 0 Å². The summed E-state index contributed by atoms with van der Waals surface area (Å²) in [6.07, 6.45) is -2.01. The Morgan fingerprint density at radius 3 is 2.94 bits per heavy atom. The van der Waals surface area contributed by atoms with Crippen LogP contribution in [0.15, 0.2) is 17.1 Å². The Morgan fingerprint density at radius 2 is 2.39 bits per heavy atom. The standard InChI is InChI=1S/C10H15N3O5/c1-17-8-7(15)5(4-14)18-9(8)13-3-2-6(11)12-10(13)16/h2-3,5,7-9,14-15H,4H2,1H3,(H2,11,12,16)/t5-,7+,8+,9+/m1/s1. The van der Waals surface area contributed by atoms with Gasteiger partial charge in [0.05, 0.1) is 6.61 Å². The van der Waals surface area contributed by atoms with E-state index in [9.17, 15) is 9.90 Å². The summed E-state index contributed by atoms with van der Waals surface area (Å²) >= 11 is 0. The van der Waals surface area contributed by atoms with Crippen molar-refractivity contribution in [1.29, 1.82) is 0 Å². The molecule has 0 radical (unpaired) electrons. The molecule has 1 aliphatic rings. The molecule has 0 unspecified atom stereocenters. The number of aromatic nitrogens is 2. The summed E-state index contributed by atoms with van der Waals surface area (Å²) in [6, 6.07) is 1.44. The number of methoxy groups -OCH3 is 1. The van der Waals surface area contributed by atoms with Gasteiger partial charge in [0.15, 0.2) is 6.23 Å². The number of nitrogens with two attached hydrogens (primary N) is 1.